The molecule has 2 atom stereocenters. The van der Waals surface area contributed by atoms with Crippen molar-refractivity contribution in [3.8, 4) is 0 Å². The van der Waals surface area contributed by atoms with Gasteiger partial charge in [-0.1, -0.05) is 19.8 Å². The maximum atomic E-state index is 10.9. The van der Waals surface area contributed by atoms with E-state index < -0.39 is 0 Å². The van der Waals surface area contributed by atoms with Gasteiger partial charge < -0.3 is 10.1 Å². The minimum Gasteiger partial charge on any atom is -0.469 e. The van der Waals surface area contributed by atoms with Gasteiger partial charge in [-0.25, -0.2) is 0 Å². The summed E-state index contributed by atoms with van der Waals surface area (Å²) < 4.78 is 4.58. The zero-order valence-corrected chi connectivity index (χ0v) is 9.21. The molecule has 0 spiro atoms. The number of ether oxygens (including phenoxy) is 1. The average Bonchev–Trinajstić information content (AvgIpc) is 2.17. The van der Waals surface area contributed by atoms with Crippen molar-refractivity contribution in [1.82, 2.24) is 5.32 Å². The average molecular weight is 199 g/mol. The molecule has 14 heavy (non-hydrogen) atoms. The fourth-order valence-electron chi connectivity index (χ4n) is 2.10. The highest BCUT2D eigenvalue weighted by atomic mass is 16.5. The minimum absolute atomic E-state index is 0.124. The molecule has 0 bridgehead atoms. The van der Waals surface area contributed by atoms with Gasteiger partial charge in [0.25, 0.3) is 0 Å². The zero-order chi connectivity index (χ0) is 10.4. The molecule has 3 heteroatoms. The van der Waals surface area contributed by atoms with Crippen LogP contribution in [0.2, 0.25) is 0 Å². The molecular weight excluding hydrogens is 178 g/mol. The maximum absolute atomic E-state index is 10.9. The minimum atomic E-state index is -0.124. The number of hydrogen-bond donors (Lipinski definition) is 1. The number of carbonyl (C=O) groups excluding carboxylic acids is 1. The molecule has 0 aromatic heterocycles. The highest BCUT2D eigenvalue weighted by Gasteiger charge is 2.18. The molecule has 3 nitrogen and oxygen atoms in total. The van der Waals surface area contributed by atoms with E-state index in [1.807, 2.05) is 0 Å². The van der Waals surface area contributed by atoms with Crippen LogP contribution >= 0.6 is 0 Å². The van der Waals surface area contributed by atoms with Crippen molar-refractivity contribution >= 4 is 5.97 Å². The van der Waals surface area contributed by atoms with Gasteiger partial charge in [-0.15, -0.1) is 0 Å². The summed E-state index contributed by atoms with van der Waals surface area (Å²) in [7, 11) is 1.44. The first-order chi connectivity index (χ1) is 6.72. The molecule has 0 amide bonds. The molecule has 82 valence electrons. The monoisotopic (exact) mass is 199 g/mol. The number of methoxy groups -OCH3 is 1. The second kappa shape index (κ2) is 6.02. The number of carbonyl (C=O) groups is 1. The van der Waals surface area contributed by atoms with Crippen molar-refractivity contribution in [3.63, 3.8) is 0 Å². The van der Waals surface area contributed by atoms with Crippen LogP contribution in [0.5, 0.6) is 0 Å². The van der Waals surface area contributed by atoms with Crippen molar-refractivity contribution in [2.45, 2.75) is 45.1 Å². The molecule has 1 rings (SSSR count). The van der Waals surface area contributed by atoms with Gasteiger partial charge in [-0.05, 0) is 18.8 Å². The molecule has 0 heterocycles. The third-order valence-electron chi connectivity index (χ3n) is 2.93. The molecule has 1 fully saturated rings. The topological polar surface area (TPSA) is 38.3 Å². The van der Waals surface area contributed by atoms with E-state index in [4.69, 9.17) is 0 Å². The van der Waals surface area contributed by atoms with E-state index in [0.29, 0.717) is 12.5 Å². The normalized spacial score (nSPS) is 27.3. The van der Waals surface area contributed by atoms with Gasteiger partial charge in [0.15, 0.2) is 0 Å². The van der Waals surface area contributed by atoms with Gasteiger partial charge in [0.05, 0.1) is 13.5 Å². The van der Waals surface area contributed by atoms with E-state index >= 15 is 0 Å². The van der Waals surface area contributed by atoms with Crippen LogP contribution < -0.4 is 5.32 Å². The summed E-state index contributed by atoms with van der Waals surface area (Å²) in [5.74, 6) is 0.709. The van der Waals surface area contributed by atoms with Crippen LogP contribution in [0.1, 0.15) is 39.0 Å². The highest BCUT2D eigenvalue weighted by Crippen LogP contribution is 2.23. The molecule has 2 unspecified atom stereocenters. The lowest BCUT2D eigenvalue weighted by Crippen LogP contribution is -2.34. The van der Waals surface area contributed by atoms with Crippen molar-refractivity contribution in [2.75, 3.05) is 13.7 Å². The molecule has 1 aliphatic rings. The Balaban J connectivity index is 2.08. The molecule has 0 aliphatic heterocycles. The fraction of sp³-hybridized carbons (Fsp3) is 0.909. The molecular formula is C11H21NO2. The first kappa shape index (κ1) is 11.5. The largest absolute Gasteiger partial charge is 0.469 e. The van der Waals surface area contributed by atoms with E-state index in [0.717, 1.165) is 12.5 Å². The van der Waals surface area contributed by atoms with Crippen molar-refractivity contribution in [3.05, 3.63) is 0 Å². The first-order valence-electron chi connectivity index (χ1n) is 5.52. The number of rotatable bonds is 4. The number of hydrogen-bond acceptors (Lipinski definition) is 3. The molecule has 1 saturated carbocycles. The van der Waals surface area contributed by atoms with E-state index in [1.165, 1.54) is 32.8 Å². The van der Waals surface area contributed by atoms with Crippen LogP contribution in [0.4, 0.5) is 0 Å². The Labute approximate surface area is 86.2 Å². The maximum Gasteiger partial charge on any atom is 0.306 e. The third kappa shape index (κ3) is 4.09. The third-order valence-corrected chi connectivity index (χ3v) is 2.93. The Morgan fingerprint density at radius 2 is 2.29 bits per heavy atom. The molecule has 1 N–H and O–H groups in total. The summed E-state index contributed by atoms with van der Waals surface area (Å²) in [5.41, 5.74) is 0. The smallest absolute Gasteiger partial charge is 0.306 e. The van der Waals surface area contributed by atoms with E-state index in [9.17, 15) is 4.79 Å². The van der Waals surface area contributed by atoms with E-state index in [1.54, 1.807) is 0 Å². The second-order valence-corrected chi connectivity index (χ2v) is 4.25. The highest BCUT2D eigenvalue weighted by molar-refractivity contribution is 5.69. The van der Waals surface area contributed by atoms with Crippen LogP contribution in [0, 0.1) is 5.92 Å². The summed E-state index contributed by atoms with van der Waals surface area (Å²) in [6.45, 7) is 3.05. The van der Waals surface area contributed by atoms with Crippen molar-refractivity contribution < 1.29 is 9.53 Å². The van der Waals surface area contributed by atoms with Gasteiger partial charge in [-0.2, -0.15) is 0 Å². The summed E-state index contributed by atoms with van der Waals surface area (Å²) >= 11 is 0. The Kier molecular flexibility index (Phi) is 4.94. The summed E-state index contributed by atoms with van der Waals surface area (Å²) in [6.07, 6.45) is 5.67. The summed E-state index contributed by atoms with van der Waals surface area (Å²) in [6, 6.07) is 0.614. The van der Waals surface area contributed by atoms with Crippen LogP contribution in [0.25, 0.3) is 0 Å². The van der Waals surface area contributed by atoms with E-state index in [-0.39, 0.29) is 5.97 Å². The molecule has 0 aromatic carbocycles. The lowest BCUT2D eigenvalue weighted by molar-refractivity contribution is -0.140. The summed E-state index contributed by atoms with van der Waals surface area (Å²) in [5, 5.41) is 3.42. The van der Waals surface area contributed by atoms with Crippen LogP contribution in [-0.4, -0.2) is 25.7 Å². The first-order valence-corrected chi connectivity index (χ1v) is 5.52. The van der Waals surface area contributed by atoms with Gasteiger partial charge >= 0.3 is 5.97 Å². The molecule has 0 radical (unpaired) electrons. The van der Waals surface area contributed by atoms with Crippen molar-refractivity contribution in [1.29, 1.82) is 0 Å². The molecule has 0 aromatic rings. The van der Waals surface area contributed by atoms with Crippen LogP contribution in [-0.2, 0) is 9.53 Å². The Morgan fingerprint density at radius 1 is 1.50 bits per heavy atom. The second-order valence-electron chi connectivity index (χ2n) is 4.25. The Morgan fingerprint density at radius 3 is 2.93 bits per heavy atom. The number of esters is 1. The lowest BCUT2D eigenvalue weighted by atomic mass is 9.87. The summed E-state index contributed by atoms with van der Waals surface area (Å²) in [4.78, 5) is 10.9. The number of nitrogens with one attached hydrogen (secondary N) is 1. The van der Waals surface area contributed by atoms with Gasteiger partial charge in [0.2, 0.25) is 0 Å². The Hall–Kier alpha value is -0.570. The predicted octanol–water partition coefficient (Wildman–Crippen LogP) is 1.72. The van der Waals surface area contributed by atoms with Gasteiger partial charge in [0.1, 0.15) is 0 Å². The predicted molar refractivity (Wildman–Crippen MR) is 56.1 cm³/mol. The van der Waals surface area contributed by atoms with Crippen LogP contribution in [0.3, 0.4) is 0 Å². The lowest BCUT2D eigenvalue weighted by Gasteiger charge is -2.27. The van der Waals surface area contributed by atoms with Gasteiger partial charge in [-0.3, -0.25) is 4.79 Å². The molecule has 1 aliphatic carbocycles. The Bertz CT molecular complexity index is 182. The van der Waals surface area contributed by atoms with Gasteiger partial charge in [0, 0.05) is 12.6 Å². The molecule has 0 saturated heterocycles. The quantitative estimate of drug-likeness (QED) is 0.701. The fourth-order valence-corrected chi connectivity index (χ4v) is 2.10. The van der Waals surface area contributed by atoms with E-state index in [2.05, 4.69) is 17.0 Å². The standard InChI is InChI=1S/C11H21NO2/c1-9-4-3-5-10(8-9)12-7-6-11(13)14-2/h9-10,12H,3-8H2,1-2H3. The zero-order valence-electron chi connectivity index (χ0n) is 9.21. The van der Waals surface area contributed by atoms with Crippen LogP contribution in [0.15, 0.2) is 0 Å². The SMILES string of the molecule is COC(=O)CCNC1CCCC(C)C1. The van der Waals surface area contributed by atoms with Crippen molar-refractivity contribution in [2.24, 2.45) is 5.92 Å².